The van der Waals surface area contributed by atoms with E-state index in [0.29, 0.717) is 17.1 Å². The Labute approximate surface area is 123 Å². The summed E-state index contributed by atoms with van der Waals surface area (Å²) in [6.07, 6.45) is 1.41. The van der Waals surface area contributed by atoms with Crippen molar-refractivity contribution in [1.82, 2.24) is 5.32 Å². The van der Waals surface area contributed by atoms with Crippen molar-refractivity contribution in [3.05, 3.63) is 28.8 Å². The number of benzene rings is 1. The summed E-state index contributed by atoms with van der Waals surface area (Å²) in [5.41, 5.74) is 7.17. The maximum atomic E-state index is 11.7. The molecule has 0 aliphatic carbocycles. The van der Waals surface area contributed by atoms with Crippen molar-refractivity contribution in [2.75, 3.05) is 11.9 Å². The van der Waals surface area contributed by atoms with E-state index < -0.39 is 6.04 Å². The molecule has 2 amide bonds. The molecule has 0 aliphatic rings. The van der Waals surface area contributed by atoms with E-state index in [1.807, 2.05) is 19.9 Å². The average Bonchev–Trinajstić information content (AvgIpc) is 2.39. The van der Waals surface area contributed by atoms with Crippen LogP contribution in [0.1, 0.15) is 25.3 Å². The summed E-state index contributed by atoms with van der Waals surface area (Å²) in [6.45, 7) is 3.73. The molecule has 0 spiro atoms. The minimum Gasteiger partial charge on any atom is -0.346 e. The molecule has 0 aliphatic heterocycles. The second-order valence-corrected chi connectivity index (χ2v) is 5.05. The predicted molar refractivity (Wildman–Crippen MR) is 80.7 cm³/mol. The van der Waals surface area contributed by atoms with Gasteiger partial charge in [-0.05, 0) is 31.0 Å². The van der Waals surface area contributed by atoms with Gasteiger partial charge in [-0.25, -0.2) is 0 Å². The van der Waals surface area contributed by atoms with Crippen molar-refractivity contribution in [2.24, 2.45) is 5.73 Å². The number of hydrogen-bond acceptors (Lipinski definition) is 3. The van der Waals surface area contributed by atoms with Gasteiger partial charge in [0.05, 0.1) is 23.3 Å². The van der Waals surface area contributed by atoms with Gasteiger partial charge in [0.1, 0.15) is 0 Å². The summed E-state index contributed by atoms with van der Waals surface area (Å²) >= 11 is 6.01. The van der Waals surface area contributed by atoms with Crippen molar-refractivity contribution in [3.8, 4) is 0 Å². The predicted octanol–water partition coefficient (Wildman–Crippen LogP) is 1.83. The van der Waals surface area contributed by atoms with Gasteiger partial charge in [-0.3, -0.25) is 9.59 Å². The number of nitrogens with one attached hydrogen (secondary N) is 2. The maximum Gasteiger partial charge on any atom is 0.243 e. The van der Waals surface area contributed by atoms with E-state index in [2.05, 4.69) is 10.6 Å². The summed E-state index contributed by atoms with van der Waals surface area (Å²) in [6, 6.07) is 4.75. The fourth-order valence-corrected chi connectivity index (χ4v) is 1.94. The highest BCUT2D eigenvalue weighted by Gasteiger charge is 2.13. The van der Waals surface area contributed by atoms with Gasteiger partial charge in [0.15, 0.2) is 0 Å². The highest BCUT2D eigenvalue weighted by molar-refractivity contribution is 6.33. The lowest BCUT2D eigenvalue weighted by Gasteiger charge is -2.12. The minimum atomic E-state index is -0.573. The molecule has 0 radical (unpaired) electrons. The molecule has 1 aromatic rings. The number of rotatable bonds is 6. The number of carbonyl (C=O) groups excluding carboxylic acids is 2. The van der Waals surface area contributed by atoms with E-state index >= 15 is 0 Å². The zero-order valence-electron chi connectivity index (χ0n) is 11.7. The molecule has 0 heterocycles. The summed E-state index contributed by atoms with van der Waals surface area (Å²) in [7, 11) is 0. The third-order valence-electron chi connectivity index (χ3n) is 2.76. The number of halogens is 1. The number of hydrogen-bond donors (Lipinski definition) is 3. The molecule has 5 nitrogen and oxygen atoms in total. The van der Waals surface area contributed by atoms with Crippen LogP contribution in [0.15, 0.2) is 18.2 Å². The molecule has 6 heteroatoms. The molecule has 1 atom stereocenters. The lowest BCUT2D eigenvalue weighted by Crippen LogP contribution is -2.43. The number of amides is 2. The molecular weight excluding hydrogens is 278 g/mol. The summed E-state index contributed by atoms with van der Waals surface area (Å²) in [5, 5.41) is 5.60. The van der Waals surface area contributed by atoms with Crippen LogP contribution in [0.3, 0.4) is 0 Å². The van der Waals surface area contributed by atoms with Crippen molar-refractivity contribution < 1.29 is 9.59 Å². The Morgan fingerprint density at radius 1 is 1.40 bits per heavy atom. The summed E-state index contributed by atoms with van der Waals surface area (Å²) < 4.78 is 0. The molecule has 0 saturated heterocycles. The Hall–Kier alpha value is -1.59. The van der Waals surface area contributed by atoms with Gasteiger partial charge in [0, 0.05) is 0 Å². The Kier molecular flexibility index (Phi) is 6.48. The summed E-state index contributed by atoms with van der Waals surface area (Å²) in [5.74, 6) is -0.662. The van der Waals surface area contributed by atoms with Crippen LogP contribution in [-0.4, -0.2) is 24.4 Å². The Balaban J connectivity index is 2.46. The fraction of sp³-hybridized carbons (Fsp3) is 0.429. The third-order valence-corrected chi connectivity index (χ3v) is 3.07. The standard InChI is InChI=1S/C14H20ClN3O2/c1-3-4-11(16)14(20)17-8-13(19)18-12-6-5-9(2)7-10(12)15/h5-7,11H,3-4,8,16H2,1-2H3,(H,17,20)(H,18,19). The number of nitrogens with two attached hydrogens (primary N) is 1. The van der Waals surface area contributed by atoms with Gasteiger partial charge in [-0.1, -0.05) is 31.0 Å². The van der Waals surface area contributed by atoms with Crippen molar-refractivity contribution in [2.45, 2.75) is 32.7 Å². The normalized spacial score (nSPS) is 11.8. The molecule has 0 saturated carbocycles. The SMILES string of the molecule is CCCC(N)C(=O)NCC(=O)Nc1ccc(C)cc1Cl. The first-order valence-electron chi connectivity index (χ1n) is 6.53. The van der Waals surface area contributed by atoms with Gasteiger partial charge in [0.2, 0.25) is 11.8 Å². The third kappa shape index (κ3) is 5.19. The van der Waals surface area contributed by atoms with E-state index in [-0.39, 0.29) is 18.4 Å². The van der Waals surface area contributed by atoms with Crippen LogP contribution in [0, 0.1) is 6.92 Å². The molecule has 1 aromatic carbocycles. The smallest absolute Gasteiger partial charge is 0.243 e. The molecular formula is C14H20ClN3O2. The molecule has 0 aromatic heterocycles. The van der Waals surface area contributed by atoms with E-state index in [1.54, 1.807) is 12.1 Å². The van der Waals surface area contributed by atoms with Crippen LogP contribution in [0.25, 0.3) is 0 Å². The van der Waals surface area contributed by atoms with Gasteiger partial charge in [-0.15, -0.1) is 0 Å². The topological polar surface area (TPSA) is 84.2 Å². The van der Waals surface area contributed by atoms with E-state index in [1.165, 1.54) is 0 Å². The van der Waals surface area contributed by atoms with E-state index in [0.717, 1.165) is 12.0 Å². The second-order valence-electron chi connectivity index (χ2n) is 4.64. The lowest BCUT2D eigenvalue weighted by atomic mass is 10.2. The highest BCUT2D eigenvalue weighted by Crippen LogP contribution is 2.22. The first-order valence-corrected chi connectivity index (χ1v) is 6.91. The van der Waals surface area contributed by atoms with Crippen LogP contribution in [0.5, 0.6) is 0 Å². The maximum absolute atomic E-state index is 11.7. The molecule has 1 rings (SSSR count). The lowest BCUT2D eigenvalue weighted by molar-refractivity contribution is -0.125. The average molecular weight is 298 g/mol. The van der Waals surface area contributed by atoms with E-state index in [4.69, 9.17) is 17.3 Å². The monoisotopic (exact) mass is 297 g/mol. The molecule has 0 bridgehead atoms. The molecule has 1 unspecified atom stereocenters. The quantitative estimate of drug-likeness (QED) is 0.749. The number of anilines is 1. The van der Waals surface area contributed by atoms with Gasteiger partial charge in [-0.2, -0.15) is 0 Å². The van der Waals surface area contributed by atoms with Gasteiger partial charge < -0.3 is 16.4 Å². The van der Waals surface area contributed by atoms with Gasteiger partial charge >= 0.3 is 0 Å². The summed E-state index contributed by atoms with van der Waals surface area (Å²) in [4.78, 5) is 23.3. The Morgan fingerprint density at radius 2 is 2.10 bits per heavy atom. The first-order chi connectivity index (χ1) is 9.43. The van der Waals surface area contributed by atoms with Crippen LogP contribution < -0.4 is 16.4 Å². The molecule has 20 heavy (non-hydrogen) atoms. The van der Waals surface area contributed by atoms with Crippen LogP contribution >= 0.6 is 11.6 Å². The second kappa shape index (κ2) is 7.87. The van der Waals surface area contributed by atoms with Crippen LogP contribution in [0.4, 0.5) is 5.69 Å². The van der Waals surface area contributed by atoms with Crippen molar-refractivity contribution >= 4 is 29.1 Å². The van der Waals surface area contributed by atoms with Crippen LogP contribution in [-0.2, 0) is 9.59 Å². The fourth-order valence-electron chi connectivity index (χ4n) is 1.66. The largest absolute Gasteiger partial charge is 0.346 e. The van der Waals surface area contributed by atoms with E-state index in [9.17, 15) is 9.59 Å². The molecule has 4 N–H and O–H groups in total. The first kappa shape index (κ1) is 16.5. The zero-order chi connectivity index (χ0) is 15.1. The number of aryl methyl sites for hydroxylation is 1. The molecule has 110 valence electrons. The van der Waals surface area contributed by atoms with Gasteiger partial charge in [0.25, 0.3) is 0 Å². The minimum absolute atomic E-state index is 0.125. The molecule has 0 fully saturated rings. The van der Waals surface area contributed by atoms with Crippen molar-refractivity contribution in [1.29, 1.82) is 0 Å². The number of carbonyl (C=O) groups is 2. The Bertz CT molecular complexity index is 491. The Morgan fingerprint density at radius 3 is 2.70 bits per heavy atom. The zero-order valence-corrected chi connectivity index (χ0v) is 12.5. The van der Waals surface area contributed by atoms with Crippen LogP contribution in [0.2, 0.25) is 5.02 Å². The highest BCUT2D eigenvalue weighted by atomic mass is 35.5. The van der Waals surface area contributed by atoms with Crippen molar-refractivity contribution in [3.63, 3.8) is 0 Å².